The lowest BCUT2D eigenvalue weighted by molar-refractivity contribution is -0.120. The summed E-state index contributed by atoms with van der Waals surface area (Å²) in [6.45, 7) is 1.65. The van der Waals surface area contributed by atoms with Crippen molar-refractivity contribution in [1.82, 2.24) is 5.43 Å². The second-order valence-corrected chi connectivity index (χ2v) is 6.58. The Balaban J connectivity index is 1.82. The van der Waals surface area contributed by atoms with E-state index < -0.39 is 0 Å². The maximum Gasteiger partial charge on any atom is 0.244 e. The quantitative estimate of drug-likeness (QED) is 0.536. The van der Waals surface area contributed by atoms with Crippen LogP contribution in [-0.2, 0) is 16.0 Å². The van der Waals surface area contributed by atoms with Gasteiger partial charge in [0.25, 0.3) is 0 Å². The monoisotopic (exact) mass is 407 g/mol. The molecule has 142 valence electrons. The molecule has 0 unspecified atom stereocenters. The van der Waals surface area contributed by atoms with Gasteiger partial charge in [0, 0.05) is 11.4 Å². The fourth-order valence-corrected chi connectivity index (χ4v) is 2.48. The molecule has 0 radical (unpaired) electrons. The molecule has 2 amide bonds. The van der Waals surface area contributed by atoms with E-state index in [1.165, 1.54) is 0 Å². The zero-order valence-corrected chi connectivity index (χ0v) is 16.4. The van der Waals surface area contributed by atoms with Crippen molar-refractivity contribution in [2.45, 2.75) is 19.8 Å². The van der Waals surface area contributed by atoms with Crippen molar-refractivity contribution in [1.29, 1.82) is 0 Å². The normalized spacial score (nSPS) is 11.0. The van der Waals surface area contributed by atoms with Crippen LogP contribution in [0.25, 0.3) is 0 Å². The van der Waals surface area contributed by atoms with E-state index in [1.807, 2.05) is 0 Å². The molecule has 0 saturated carbocycles. The predicted molar refractivity (Wildman–Crippen MR) is 108 cm³/mol. The molecule has 0 atom stereocenters. The van der Waals surface area contributed by atoms with Crippen LogP contribution in [0.3, 0.4) is 0 Å². The Kier molecular flexibility index (Phi) is 7.64. The molecule has 0 saturated heterocycles. The number of hydrogen-bond donors (Lipinski definition) is 2. The van der Waals surface area contributed by atoms with E-state index in [0.717, 1.165) is 11.3 Å². The summed E-state index contributed by atoms with van der Waals surface area (Å²) in [5.41, 5.74) is 4.28. The third kappa shape index (κ3) is 6.92. The number of rotatable bonds is 7. The van der Waals surface area contributed by atoms with Gasteiger partial charge < -0.3 is 10.1 Å². The van der Waals surface area contributed by atoms with Crippen LogP contribution >= 0.6 is 23.2 Å². The molecule has 0 aliphatic carbocycles. The molecule has 2 aromatic rings. The first kappa shape index (κ1) is 20.7. The zero-order chi connectivity index (χ0) is 19.8. The van der Waals surface area contributed by atoms with Crippen LogP contribution in [0.2, 0.25) is 10.0 Å². The summed E-state index contributed by atoms with van der Waals surface area (Å²) in [4.78, 5) is 24.0. The van der Waals surface area contributed by atoms with Crippen molar-refractivity contribution in [2.24, 2.45) is 5.10 Å². The molecule has 27 heavy (non-hydrogen) atoms. The molecular weight excluding hydrogens is 389 g/mol. The fourth-order valence-electron chi connectivity index (χ4n) is 2.18. The Bertz CT molecular complexity index is 852. The number of carbonyl (C=O) groups excluding carboxylic acids is 2. The number of ether oxygens (including phenoxy) is 1. The summed E-state index contributed by atoms with van der Waals surface area (Å²) >= 11 is 11.7. The Morgan fingerprint density at radius 3 is 2.37 bits per heavy atom. The van der Waals surface area contributed by atoms with Gasteiger partial charge in [-0.3, -0.25) is 9.59 Å². The summed E-state index contributed by atoms with van der Waals surface area (Å²) in [7, 11) is 1.58. The van der Waals surface area contributed by atoms with E-state index in [4.69, 9.17) is 27.9 Å². The number of methoxy groups -OCH3 is 1. The van der Waals surface area contributed by atoms with Crippen LogP contribution in [0.1, 0.15) is 18.9 Å². The molecule has 0 heterocycles. The van der Waals surface area contributed by atoms with Crippen molar-refractivity contribution in [3.8, 4) is 5.75 Å². The molecule has 8 heteroatoms. The van der Waals surface area contributed by atoms with Crippen LogP contribution in [0, 0.1) is 0 Å². The summed E-state index contributed by atoms with van der Waals surface area (Å²) < 4.78 is 5.07. The molecular formula is C19H19Cl2N3O3. The Morgan fingerprint density at radius 1 is 1.04 bits per heavy atom. The molecule has 0 aliphatic rings. The van der Waals surface area contributed by atoms with E-state index in [0.29, 0.717) is 21.4 Å². The lowest BCUT2D eigenvalue weighted by Gasteiger charge is -2.07. The highest BCUT2D eigenvalue weighted by molar-refractivity contribution is 6.42. The molecule has 2 aromatic carbocycles. The Morgan fingerprint density at radius 2 is 1.74 bits per heavy atom. The Hall–Kier alpha value is -2.57. The minimum atomic E-state index is -0.279. The van der Waals surface area contributed by atoms with Gasteiger partial charge >= 0.3 is 0 Å². The van der Waals surface area contributed by atoms with E-state index in [-0.39, 0.29) is 24.7 Å². The minimum absolute atomic E-state index is 0.0308. The number of carbonyl (C=O) groups is 2. The average molecular weight is 408 g/mol. The van der Waals surface area contributed by atoms with Gasteiger partial charge in [-0.15, -0.1) is 0 Å². The highest BCUT2D eigenvalue weighted by Crippen LogP contribution is 2.25. The lowest BCUT2D eigenvalue weighted by Crippen LogP contribution is -2.22. The number of anilines is 1. The van der Waals surface area contributed by atoms with Crippen LogP contribution in [0.4, 0.5) is 5.69 Å². The second kappa shape index (κ2) is 9.94. The molecule has 0 bridgehead atoms. The van der Waals surface area contributed by atoms with Gasteiger partial charge in [0.05, 0.1) is 30.0 Å². The van der Waals surface area contributed by atoms with E-state index >= 15 is 0 Å². The highest BCUT2D eigenvalue weighted by Gasteiger charge is 2.08. The third-order valence-corrected chi connectivity index (χ3v) is 4.25. The molecule has 0 fully saturated rings. The third-order valence-electron chi connectivity index (χ3n) is 3.51. The Labute approximate surface area is 167 Å². The molecule has 0 aromatic heterocycles. The van der Waals surface area contributed by atoms with Crippen LogP contribution in [-0.4, -0.2) is 24.6 Å². The SMILES string of the molecule is COc1ccc(CC(=O)NN=C(C)CC(=O)Nc2ccc(Cl)c(Cl)c2)cc1. The van der Waals surface area contributed by atoms with Gasteiger partial charge in [-0.2, -0.15) is 5.10 Å². The summed E-state index contributed by atoms with van der Waals surface area (Å²) in [5.74, 6) is 0.171. The predicted octanol–water partition coefficient (Wildman–Crippen LogP) is 4.07. The van der Waals surface area contributed by atoms with Crippen LogP contribution in [0.5, 0.6) is 5.75 Å². The van der Waals surface area contributed by atoms with Crippen molar-refractivity contribution in [3.63, 3.8) is 0 Å². The largest absolute Gasteiger partial charge is 0.497 e. The number of halogens is 2. The smallest absolute Gasteiger partial charge is 0.244 e. The summed E-state index contributed by atoms with van der Waals surface area (Å²) in [6.07, 6.45) is 0.208. The molecule has 0 aliphatic heterocycles. The van der Waals surface area contributed by atoms with Crippen molar-refractivity contribution in [2.75, 3.05) is 12.4 Å². The average Bonchev–Trinajstić information content (AvgIpc) is 2.63. The number of benzene rings is 2. The van der Waals surface area contributed by atoms with E-state index in [9.17, 15) is 9.59 Å². The van der Waals surface area contributed by atoms with Gasteiger partial charge in [0.15, 0.2) is 0 Å². The highest BCUT2D eigenvalue weighted by atomic mass is 35.5. The van der Waals surface area contributed by atoms with Gasteiger partial charge in [-0.05, 0) is 42.8 Å². The minimum Gasteiger partial charge on any atom is -0.497 e. The van der Waals surface area contributed by atoms with Crippen molar-refractivity contribution in [3.05, 3.63) is 58.1 Å². The van der Waals surface area contributed by atoms with E-state index in [1.54, 1.807) is 56.5 Å². The van der Waals surface area contributed by atoms with Crippen LogP contribution < -0.4 is 15.5 Å². The van der Waals surface area contributed by atoms with Gasteiger partial charge in [-0.25, -0.2) is 5.43 Å². The fraction of sp³-hybridized carbons (Fsp3) is 0.211. The number of hydrazone groups is 1. The van der Waals surface area contributed by atoms with E-state index in [2.05, 4.69) is 15.8 Å². The first-order valence-corrected chi connectivity index (χ1v) is 8.83. The van der Waals surface area contributed by atoms with Gasteiger partial charge in [0.2, 0.25) is 11.8 Å². The van der Waals surface area contributed by atoms with Crippen molar-refractivity contribution < 1.29 is 14.3 Å². The molecule has 0 spiro atoms. The second-order valence-electron chi connectivity index (χ2n) is 5.76. The molecule has 2 rings (SSSR count). The number of nitrogens with one attached hydrogen (secondary N) is 2. The summed E-state index contributed by atoms with van der Waals surface area (Å²) in [5, 5.41) is 7.41. The molecule has 6 nitrogen and oxygen atoms in total. The number of nitrogens with zero attached hydrogens (tertiary/aromatic N) is 1. The van der Waals surface area contributed by atoms with Gasteiger partial charge in [-0.1, -0.05) is 35.3 Å². The van der Waals surface area contributed by atoms with Gasteiger partial charge in [0.1, 0.15) is 5.75 Å². The number of amides is 2. The maximum atomic E-state index is 12.0. The zero-order valence-electron chi connectivity index (χ0n) is 14.9. The topological polar surface area (TPSA) is 79.8 Å². The first-order valence-electron chi connectivity index (χ1n) is 8.07. The molecule has 2 N–H and O–H groups in total. The first-order chi connectivity index (χ1) is 12.9. The van der Waals surface area contributed by atoms with Crippen molar-refractivity contribution >= 4 is 46.4 Å². The lowest BCUT2D eigenvalue weighted by atomic mass is 10.1. The maximum absolute atomic E-state index is 12.0. The van der Waals surface area contributed by atoms with Crippen LogP contribution in [0.15, 0.2) is 47.6 Å². The number of hydrogen-bond acceptors (Lipinski definition) is 4. The summed E-state index contributed by atoms with van der Waals surface area (Å²) in [6, 6.07) is 12.0. The standard InChI is InChI=1S/C19H19Cl2N3O3/c1-12(9-18(25)22-14-5-8-16(20)17(21)11-14)23-24-19(26)10-13-3-6-15(27-2)7-4-13/h3-8,11H,9-10H2,1-2H3,(H,22,25)(H,24,26).